The van der Waals surface area contributed by atoms with Crippen LogP contribution in [-0.2, 0) is 4.79 Å². The lowest BCUT2D eigenvalue weighted by molar-refractivity contribution is -0.128. The zero-order valence-electron chi connectivity index (χ0n) is 15.6. The van der Waals surface area contributed by atoms with Gasteiger partial charge in [0.1, 0.15) is 5.82 Å². The highest BCUT2D eigenvalue weighted by molar-refractivity contribution is 5.98. The maximum atomic E-state index is 13.8. The highest BCUT2D eigenvalue weighted by Gasteiger charge is 2.25. The number of aryl methyl sites for hydroxylation is 1. The fraction of sp³-hybridized carbons (Fsp3) is 0.273. The molecular formula is C22H23FN2O2. The second-order valence-corrected chi connectivity index (χ2v) is 6.80. The lowest BCUT2D eigenvalue weighted by Gasteiger charge is -2.35. The maximum absolute atomic E-state index is 13.8. The minimum Gasteiger partial charge on any atom is -0.335 e. The van der Waals surface area contributed by atoms with E-state index >= 15 is 0 Å². The normalized spacial score (nSPS) is 15.0. The zero-order valence-corrected chi connectivity index (χ0v) is 15.6. The fourth-order valence-corrected chi connectivity index (χ4v) is 3.21. The number of nitrogens with zero attached hydrogens (tertiary/aromatic N) is 2. The molecule has 0 radical (unpaired) electrons. The Hall–Kier alpha value is -2.95. The topological polar surface area (TPSA) is 40.6 Å². The molecule has 1 fully saturated rings. The Bertz CT molecular complexity index is 883. The Morgan fingerprint density at radius 3 is 2.30 bits per heavy atom. The van der Waals surface area contributed by atoms with Gasteiger partial charge in [-0.15, -0.1) is 0 Å². The van der Waals surface area contributed by atoms with Gasteiger partial charge >= 0.3 is 0 Å². The maximum Gasteiger partial charge on any atom is 0.253 e. The van der Waals surface area contributed by atoms with Crippen molar-refractivity contribution in [3.8, 4) is 0 Å². The Morgan fingerprint density at radius 2 is 1.63 bits per heavy atom. The average molecular weight is 366 g/mol. The molecule has 1 saturated heterocycles. The van der Waals surface area contributed by atoms with E-state index in [4.69, 9.17) is 0 Å². The number of carbonyl (C=O) groups is 2. The van der Waals surface area contributed by atoms with Crippen molar-refractivity contribution in [3.63, 3.8) is 0 Å². The van der Waals surface area contributed by atoms with Crippen LogP contribution in [0.1, 0.15) is 28.4 Å². The summed E-state index contributed by atoms with van der Waals surface area (Å²) in [4.78, 5) is 28.7. The van der Waals surface area contributed by atoms with E-state index in [1.165, 1.54) is 6.07 Å². The van der Waals surface area contributed by atoms with Crippen molar-refractivity contribution in [1.29, 1.82) is 0 Å². The molecule has 0 bridgehead atoms. The van der Waals surface area contributed by atoms with Crippen LogP contribution < -0.4 is 0 Å². The Labute approximate surface area is 158 Å². The highest BCUT2D eigenvalue weighted by atomic mass is 19.1. The van der Waals surface area contributed by atoms with Crippen LogP contribution in [0.4, 0.5) is 4.39 Å². The lowest BCUT2D eigenvalue weighted by Crippen LogP contribution is -2.50. The van der Waals surface area contributed by atoms with Gasteiger partial charge in [-0.2, -0.15) is 0 Å². The molecule has 1 aliphatic heterocycles. The van der Waals surface area contributed by atoms with Gasteiger partial charge in [-0.1, -0.05) is 35.9 Å². The van der Waals surface area contributed by atoms with E-state index in [-0.39, 0.29) is 17.6 Å². The predicted octanol–water partition coefficient (Wildman–Crippen LogP) is 3.52. The standard InChI is InChI=1S/C22H23FN2O2/c1-16-6-5-8-19(14-16)22(27)25-12-10-24(11-13-25)21(26)17(2)15-18-7-3-4-9-20(18)23/h3-9,14-15H,10-13H2,1-2H3/b17-15+. The predicted molar refractivity (Wildman–Crippen MR) is 104 cm³/mol. The van der Waals surface area contributed by atoms with Crippen LogP contribution in [0.2, 0.25) is 0 Å². The molecule has 0 unspecified atom stereocenters. The van der Waals surface area contributed by atoms with Crippen LogP contribution in [0, 0.1) is 12.7 Å². The minimum absolute atomic E-state index is 0.00980. The average Bonchev–Trinajstić information content (AvgIpc) is 2.68. The summed E-state index contributed by atoms with van der Waals surface area (Å²) < 4.78 is 13.8. The van der Waals surface area contributed by atoms with Crippen LogP contribution in [0.15, 0.2) is 54.1 Å². The molecule has 0 spiro atoms. The van der Waals surface area contributed by atoms with Gasteiger partial charge in [-0.25, -0.2) is 4.39 Å². The molecule has 0 aliphatic carbocycles. The quantitative estimate of drug-likeness (QED) is 0.780. The van der Waals surface area contributed by atoms with Gasteiger partial charge in [0.15, 0.2) is 0 Å². The van der Waals surface area contributed by atoms with E-state index in [0.717, 1.165) is 5.56 Å². The van der Waals surface area contributed by atoms with Crippen molar-refractivity contribution in [2.24, 2.45) is 0 Å². The highest BCUT2D eigenvalue weighted by Crippen LogP contribution is 2.15. The summed E-state index contributed by atoms with van der Waals surface area (Å²) in [5.41, 5.74) is 2.60. The van der Waals surface area contributed by atoms with Crippen molar-refractivity contribution in [1.82, 2.24) is 9.80 Å². The monoisotopic (exact) mass is 366 g/mol. The van der Waals surface area contributed by atoms with E-state index in [9.17, 15) is 14.0 Å². The van der Waals surface area contributed by atoms with Crippen LogP contribution in [0.3, 0.4) is 0 Å². The molecule has 0 saturated carbocycles. The van der Waals surface area contributed by atoms with Gasteiger partial charge in [0.2, 0.25) is 5.91 Å². The largest absolute Gasteiger partial charge is 0.335 e. The molecule has 27 heavy (non-hydrogen) atoms. The molecule has 0 aromatic heterocycles. The molecule has 1 aliphatic rings. The summed E-state index contributed by atoms with van der Waals surface area (Å²) >= 11 is 0. The summed E-state index contributed by atoms with van der Waals surface area (Å²) in [6.45, 7) is 5.58. The number of rotatable bonds is 3. The van der Waals surface area contributed by atoms with Gasteiger partial charge in [-0.3, -0.25) is 9.59 Å². The van der Waals surface area contributed by atoms with Gasteiger partial charge < -0.3 is 9.80 Å². The first-order valence-electron chi connectivity index (χ1n) is 9.04. The molecule has 140 valence electrons. The SMILES string of the molecule is C/C(=C\c1ccccc1F)C(=O)N1CCN(C(=O)c2cccc(C)c2)CC1. The first-order valence-corrected chi connectivity index (χ1v) is 9.04. The number of carbonyl (C=O) groups excluding carboxylic acids is 2. The molecule has 5 heteroatoms. The second kappa shape index (κ2) is 8.16. The van der Waals surface area contributed by atoms with Gasteiger partial charge in [0.25, 0.3) is 5.91 Å². The summed E-state index contributed by atoms with van der Waals surface area (Å²) in [5.74, 6) is -0.483. The number of hydrogen-bond donors (Lipinski definition) is 0. The summed E-state index contributed by atoms with van der Waals surface area (Å²) in [6.07, 6.45) is 1.57. The molecule has 0 atom stereocenters. The molecule has 4 nitrogen and oxygen atoms in total. The summed E-state index contributed by atoms with van der Waals surface area (Å²) in [7, 11) is 0. The number of benzene rings is 2. The van der Waals surface area contributed by atoms with Gasteiger partial charge in [0.05, 0.1) is 0 Å². The van der Waals surface area contributed by atoms with Crippen molar-refractivity contribution in [3.05, 3.63) is 76.6 Å². The Kier molecular flexibility index (Phi) is 5.69. The first-order chi connectivity index (χ1) is 13.0. The van der Waals surface area contributed by atoms with Crippen LogP contribution in [-0.4, -0.2) is 47.8 Å². The first kappa shape index (κ1) is 18.8. The van der Waals surface area contributed by atoms with E-state index in [2.05, 4.69) is 0 Å². The minimum atomic E-state index is -0.349. The van der Waals surface area contributed by atoms with E-state index in [1.807, 2.05) is 31.2 Å². The van der Waals surface area contributed by atoms with E-state index in [1.54, 1.807) is 41.0 Å². The van der Waals surface area contributed by atoms with Gasteiger partial charge in [0, 0.05) is 42.9 Å². The Morgan fingerprint density at radius 1 is 0.963 bits per heavy atom. The second-order valence-electron chi connectivity index (χ2n) is 6.80. The van der Waals surface area contributed by atoms with E-state index < -0.39 is 0 Å². The van der Waals surface area contributed by atoms with Crippen LogP contribution in [0.25, 0.3) is 6.08 Å². The molecule has 2 aromatic carbocycles. The molecule has 0 N–H and O–H groups in total. The van der Waals surface area contributed by atoms with Crippen molar-refractivity contribution in [2.45, 2.75) is 13.8 Å². The number of amides is 2. The molecule has 1 heterocycles. The fourth-order valence-electron chi connectivity index (χ4n) is 3.21. The van der Waals surface area contributed by atoms with E-state index in [0.29, 0.717) is 42.9 Å². The van der Waals surface area contributed by atoms with Crippen LogP contribution in [0.5, 0.6) is 0 Å². The number of piperazine rings is 1. The summed E-state index contributed by atoms with van der Waals surface area (Å²) in [6, 6.07) is 13.9. The van der Waals surface area contributed by atoms with Crippen molar-refractivity contribution >= 4 is 17.9 Å². The molecule has 3 rings (SSSR count). The third-order valence-corrected chi connectivity index (χ3v) is 4.73. The third kappa shape index (κ3) is 4.42. The third-order valence-electron chi connectivity index (χ3n) is 4.73. The number of halogens is 1. The smallest absolute Gasteiger partial charge is 0.253 e. The molecule has 2 amide bonds. The molecular weight excluding hydrogens is 343 g/mol. The van der Waals surface area contributed by atoms with Crippen LogP contribution >= 0.6 is 0 Å². The van der Waals surface area contributed by atoms with Gasteiger partial charge in [-0.05, 0) is 38.1 Å². The van der Waals surface area contributed by atoms with Crippen molar-refractivity contribution < 1.29 is 14.0 Å². The van der Waals surface area contributed by atoms with Crippen molar-refractivity contribution in [2.75, 3.05) is 26.2 Å². The number of hydrogen-bond acceptors (Lipinski definition) is 2. The lowest BCUT2D eigenvalue weighted by atomic mass is 10.1. The Balaban J connectivity index is 1.62. The molecule has 2 aromatic rings. The zero-order chi connectivity index (χ0) is 19.4. The summed E-state index contributed by atoms with van der Waals surface area (Å²) in [5, 5.41) is 0.